The maximum Gasteiger partial charge on any atom is 1.00 e. The van der Waals surface area contributed by atoms with E-state index in [4.69, 9.17) is 4.74 Å². The minimum atomic E-state index is -3.67. The fraction of sp³-hybridized carbons (Fsp3) is 0.818. The monoisotopic (exact) mass is 320 g/mol. The van der Waals surface area contributed by atoms with E-state index in [0.29, 0.717) is 6.54 Å². The molecule has 0 radical (unpaired) electrons. The van der Waals surface area contributed by atoms with Gasteiger partial charge in [-0.05, 0) is 40.8 Å². The number of halogens is 3. The molecule has 1 atom stereocenters. The van der Waals surface area contributed by atoms with Crippen LogP contribution in [0.1, 0.15) is 27.7 Å². The van der Waals surface area contributed by atoms with Crippen LogP contribution in [-0.4, -0.2) is 54.7 Å². The van der Waals surface area contributed by atoms with Crippen molar-refractivity contribution >= 4 is 13.6 Å². The first kappa shape index (κ1) is 23.0. The van der Waals surface area contributed by atoms with Crippen molar-refractivity contribution in [2.75, 3.05) is 19.6 Å². The molecule has 20 heavy (non-hydrogen) atoms. The fourth-order valence-electron chi connectivity index (χ4n) is 1.62. The summed E-state index contributed by atoms with van der Waals surface area (Å²) in [4.78, 5) is 15.5. The molecule has 0 aliphatic carbocycles. The molecule has 0 aromatic rings. The van der Waals surface area contributed by atoms with Crippen molar-refractivity contribution in [3.63, 3.8) is 0 Å². The molecule has 1 aliphatic heterocycles. The summed E-state index contributed by atoms with van der Waals surface area (Å²) in [5.74, 6) is 0. The zero-order valence-electron chi connectivity index (χ0n) is 12.8. The van der Waals surface area contributed by atoms with E-state index < -0.39 is 13.1 Å². The van der Waals surface area contributed by atoms with Gasteiger partial charge in [0.25, 0.3) is 0 Å². The van der Waals surface area contributed by atoms with Gasteiger partial charge in [0.2, 0.25) is 0 Å². The van der Waals surface area contributed by atoms with Crippen molar-refractivity contribution in [2.45, 2.75) is 39.3 Å². The van der Waals surface area contributed by atoms with Crippen LogP contribution in [0.3, 0.4) is 0 Å². The number of ether oxygens (including phenoxy) is 1. The van der Waals surface area contributed by atoms with Crippen molar-refractivity contribution in [1.29, 1.82) is 0 Å². The van der Waals surface area contributed by atoms with Crippen molar-refractivity contribution in [1.82, 2.24) is 9.80 Å². The molecule has 112 valence electrons. The summed E-state index contributed by atoms with van der Waals surface area (Å²) in [5, 5.41) is 0. The molecular weight excluding hydrogens is 299 g/mol. The summed E-state index contributed by atoms with van der Waals surface area (Å²) in [7, 11) is 0.204. The van der Waals surface area contributed by atoms with Gasteiger partial charge < -0.3 is 14.5 Å². The summed E-state index contributed by atoms with van der Waals surface area (Å²) < 4.78 is 34.3. The minimum Gasteiger partial charge on any atom is -0.456 e. The molecule has 1 rings (SSSR count). The van der Waals surface area contributed by atoms with E-state index in [9.17, 15) is 17.7 Å². The summed E-state index contributed by atoms with van der Waals surface area (Å²) in [6.45, 7) is 9.97. The van der Waals surface area contributed by atoms with E-state index >= 15 is 0 Å². The average molecular weight is 320 g/mol. The Morgan fingerprint density at radius 2 is 1.75 bits per heavy atom. The Morgan fingerprint density at radius 3 is 2.10 bits per heavy atom. The molecule has 0 aromatic heterocycles. The van der Waals surface area contributed by atoms with Gasteiger partial charge in [0.1, 0.15) is 5.60 Å². The van der Waals surface area contributed by atoms with Crippen LogP contribution in [0.5, 0.6) is 0 Å². The molecule has 0 unspecified atom stereocenters. The van der Waals surface area contributed by atoms with Crippen LogP contribution < -0.4 is 51.4 Å². The van der Waals surface area contributed by atoms with Crippen LogP contribution >= 0.6 is 0 Å². The van der Waals surface area contributed by atoms with Crippen LogP contribution in [0.2, 0.25) is 0 Å². The number of rotatable bonds is 0. The van der Waals surface area contributed by atoms with Crippen molar-refractivity contribution in [3.05, 3.63) is 7.05 Å². The third-order valence-electron chi connectivity index (χ3n) is 2.34. The number of carbonyl (C=O) groups excluding carboxylic acids is 1. The molecule has 0 aromatic carbocycles. The second-order valence-electron chi connectivity index (χ2n) is 5.35. The molecule has 0 spiro atoms. The summed E-state index contributed by atoms with van der Waals surface area (Å²) in [6, 6.07) is 0.172. The Bertz CT molecular complexity index is 291. The predicted molar refractivity (Wildman–Crippen MR) is 68.4 cm³/mol. The van der Waals surface area contributed by atoms with E-state index in [1.165, 1.54) is 0 Å². The van der Waals surface area contributed by atoms with E-state index in [-0.39, 0.29) is 63.5 Å². The second kappa shape index (κ2) is 10.4. The molecule has 1 saturated heterocycles. The zero-order valence-corrected chi connectivity index (χ0v) is 16.0. The molecule has 9 heteroatoms. The van der Waals surface area contributed by atoms with Gasteiger partial charge in [-0.25, -0.2) is 4.79 Å². The molecule has 4 nitrogen and oxygen atoms in total. The van der Waals surface area contributed by atoms with E-state index in [1.807, 2.05) is 32.6 Å². The van der Waals surface area contributed by atoms with Crippen molar-refractivity contribution < 1.29 is 73.9 Å². The molecule has 1 fully saturated rings. The molecule has 1 heterocycles. The van der Waals surface area contributed by atoms with E-state index in [1.54, 1.807) is 4.90 Å². The van der Waals surface area contributed by atoms with Gasteiger partial charge in [-0.15, -0.1) is 0 Å². The van der Waals surface area contributed by atoms with Gasteiger partial charge in [-0.1, -0.05) is 0 Å². The maximum atomic E-state index is 11.8. The van der Waals surface area contributed by atoms with Crippen LogP contribution in [0.15, 0.2) is 0 Å². The first-order chi connectivity index (χ1) is 8.53. The molecule has 1 aliphatic rings. The van der Waals surface area contributed by atoms with Gasteiger partial charge in [-0.2, -0.15) is 0 Å². The predicted octanol–water partition coefficient (Wildman–Crippen LogP) is -0.397. The maximum absolute atomic E-state index is 11.8. The fourth-order valence-corrected chi connectivity index (χ4v) is 1.62. The topological polar surface area (TPSA) is 32.8 Å². The minimum absolute atomic E-state index is 0. The summed E-state index contributed by atoms with van der Waals surface area (Å²) >= 11 is 0. The van der Waals surface area contributed by atoms with Crippen molar-refractivity contribution in [2.24, 2.45) is 0 Å². The largest absolute Gasteiger partial charge is 1.00 e. The zero-order chi connectivity index (χ0) is 15.2. The Morgan fingerprint density at radius 1 is 1.30 bits per heavy atom. The van der Waals surface area contributed by atoms with Crippen LogP contribution in [0, 0.1) is 7.05 Å². The normalized spacial score (nSPS) is 19.4. The number of amides is 1. The molecule has 0 bridgehead atoms. The average Bonchev–Trinajstić information content (AvgIpc) is 2.12. The first-order valence-electron chi connectivity index (χ1n) is 6.00. The number of nitrogens with zero attached hydrogens (tertiary/aromatic N) is 2. The van der Waals surface area contributed by atoms with Crippen LogP contribution in [0.4, 0.5) is 17.7 Å². The third-order valence-corrected chi connectivity index (χ3v) is 2.34. The number of piperazine rings is 1. The first-order valence-corrected chi connectivity index (χ1v) is 6.00. The third kappa shape index (κ3) is 11.4. The molecule has 0 N–H and O–H groups in total. The Balaban J connectivity index is 0. The molecule has 0 saturated carbocycles. The molecule has 1 amide bonds. The quantitative estimate of drug-likeness (QED) is 0.450. The Labute approximate surface area is 162 Å². The SMILES string of the molecule is FB(F)F.[CH2-]N1CCN(C(=O)OC(C)(C)C)[C@@H](C)C1.[K+]. The van der Waals surface area contributed by atoms with Gasteiger partial charge >= 0.3 is 65.0 Å². The Kier molecular flexibility index (Phi) is 12.0. The van der Waals surface area contributed by atoms with E-state index in [0.717, 1.165) is 13.1 Å². The van der Waals surface area contributed by atoms with Gasteiger partial charge in [0.15, 0.2) is 0 Å². The van der Waals surface area contributed by atoms with Crippen LogP contribution in [-0.2, 0) is 4.74 Å². The van der Waals surface area contributed by atoms with Gasteiger partial charge in [-0.3, -0.25) is 20.0 Å². The molecular formula is C11H21BF3KN2O2. The smallest absolute Gasteiger partial charge is 0.456 e. The second-order valence-corrected chi connectivity index (χ2v) is 5.35. The summed E-state index contributed by atoms with van der Waals surface area (Å²) in [6.07, 6.45) is -0.219. The number of carbonyl (C=O) groups is 1. The van der Waals surface area contributed by atoms with E-state index in [2.05, 4.69) is 7.05 Å². The van der Waals surface area contributed by atoms with Gasteiger partial charge in [0, 0.05) is 12.6 Å². The Hall–Kier alpha value is 0.721. The standard InChI is InChI=1S/C11H21N2O2.BF3.K/c1-9-8-12(5)6-7-13(9)10(14)15-11(2,3)4;2-1(3)4;/h9H,5-8H2,1-4H3;;/q-1;;+1/t9-;;/m0../s1. The number of hydrogen-bond donors (Lipinski definition) is 0. The number of hydrogen-bond acceptors (Lipinski definition) is 3. The van der Waals surface area contributed by atoms with Crippen molar-refractivity contribution in [3.8, 4) is 0 Å². The van der Waals surface area contributed by atoms with Gasteiger partial charge in [0.05, 0.1) is 0 Å². The van der Waals surface area contributed by atoms with Crippen LogP contribution in [0.25, 0.3) is 0 Å². The summed E-state index contributed by atoms with van der Waals surface area (Å²) in [5.41, 5.74) is -0.418.